The molecule has 2 aliphatic heterocycles. The fraction of sp³-hybridized carbons (Fsp3) is 0.345. The zero-order chi connectivity index (χ0) is 50.0. The lowest BCUT2D eigenvalue weighted by Crippen LogP contribution is -2.70. The van der Waals surface area contributed by atoms with Gasteiger partial charge in [-0.2, -0.15) is 5.26 Å². The van der Waals surface area contributed by atoms with Crippen molar-refractivity contribution in [3.63, 3.8) is 0 Å². The molecule has 14 nitrogen and oxygen atoms in total. The van der Waals surface area contributed by atoms with E-state index in [1.165, 1.54) is 7.11 Å². The molecule has 5 aromatic rings. The van der Waals surface area contributed by atoms with Gasteiger partial charge in [0, 0.05) is 43.2 Å². The Labute approximate surface area is 419 Å². The summed E-state index contributed by atoms with van der Waals surface area (Å²) in [6.07, 6.45) is 9.07. The summed E-state index contributed by atoms with van der Waals surface area (Å²) in [5.74, 6) is 0.137. The maximum absolute atomic E-state index is 15.6. The van der Waals surface area contributed by atoms with Gasteiger partial charge in [0.2, 0.25) is 12.6 Å². The number of carbonyl (C=O) groups excluding carboxylic acids is 2. The normalized spacial score (nSPS) is 21.8. The van der Waals surface area contributed by atoms with Crippen LogP contribution in [0.25, 0.3) is 0 Å². The Bertz CT molecular complexity index is 2840. The van der Waals surface area contributed by atoms with Crippen molar-refractivity contribution in [3.8, 4) is 40.6 Å². The molecule has 2 N–H and O–H groups in total. The van der Waals surface area contributed by atoms with Gasteiger partial charge in [-0.15, -0.1) is 6.58 Å². The number of benzene rings is 5. The van der Waals surface area contributed by atoms with Crippen LogP contribution < -0.4 is 23.7 Å². The number of aldehydes is 1. The Morgan fingerprint density at radius 3 is 2.39 bits per heavy atom. The number of fused-ring (bicyclic) bond motifs is 3. The number of allylic oxidation sites excluding steroid dienone is 1. The summed E-state index contributed by atoms with van der Waals surface area (Å²) in [5, 5.41) is 34.9. The van der Waals surface area contributed by atoms with Crippen LogP contribution in [0.4, 0.5) is 0 Å². The number of hydrogen-bond acceptors (Lipinski definition) is 13. The Hall–Kier alpha value is -7.44. The minimum absolute atomic E-state index is 0.0169. The number of carbonyl (C=O) groups is 2. The van der Waals surface area contributed by atoms with Crippen molar-refractivity contribution in [2.75, 3.05) is 33.7 Å². The number of hydrogen-bond donors (Lipinski definition) is 2. The molecule has 0 spiro atoms. The van der Waals surface area contributed by atoms with Crippen LogP contribution in [0.1, 0.15) is 93.8 Å². The summed E-state index contributed by atoms with van der Waals surface area (Å²) in [6, 6.07) is 34.0. The maximum atomic E-state index is 15.6. The van der Waals surface area contributed by atoms with E-state index in [2.05, 4.69) is 18.7 Å². The number of rotatable bonds is 22. The topological polar surface area (TPSA) is 179 Å². The van der Waals surface area contributed by atoms with Gasteiger partial charge < -0.3 is 48.4 Å². The third kappa shape index (κ3) is 10.3. The summed E-state index contributed by atoms with van der Waals surface area (Å²) in [6.45, 7) is 4.61. The minimum Gasteiger partial charge on any atom is -0.496 e. The lowest BCUT2D eigenvalue weighted by atomic mass is 9.55. The van der Waals surface area contributed by atoms with Crippen molar-refractivity contribution in [1.29, 1.82) is 5.26 Å². The molecule has 72 heavy (non-hydrogen) atoms. The highest BCUT2D eigenvalue weighted by atomic mass is 16.7. The number of unbranched alkanes of at least 4 members (excludes halogenated alkanes) is 2. The van der Waals surface area contributed by atoms with Gasteiger partial charge in [-0.25, -0.2) is 0 Å². The van der Waals surface area contributed by atoms with Gasteiger partial charge in [-0.3, -0.25) is 9.59 Å². The SMILES string of the molecule is C=CCO[C@@]12Oc3ccc(Oc4ccc(OC)c(C=O)c4)cc3[C@H]3[C@H](CCCCO)[C@@H](CCCCO)C=C(C(=NOCc4ccccc4)C[C@@H]1N(Cc1ccc4c(c1)OCO4)C(=O)c1ccc(C#N)cc1)[C@H]32. The van der Waals surface area contributed by atoms with Gasteiger partial charge in [-0.1, -0.05) is 66.5 Å². The van der Waals surface area contributed by atoms with E-state index in [9.17, 15) is 20.3 Å². The summed E-state index contributed by atoms with van der Waals surface area (Å²) in [5.41, 5.74) is 5.16. The average molecular weight is 974 g/mol. The molecule has 0 radical (unpaired) electrons. The molecule has 9 rings (SSSR count). The van der Waals surface area contributed by atoms with E-state index >= 15 is 4.79 Å². The van der Waals surface area contributed by atoms with Gasteiger partial charge in [0.1, 0.15) is 35.6 Å². The molecule has 1 amide bonds. The summed E-state index contributed by atoms with van der Waals surface area (Å²) in [4.78, 5) is 35.8. The van der Waals surface area contributed by atoms with Crippen molar-refractivity contribution < 1.29 is 53.1 Å². The van der Waals surface area contributed by atoms with Crippen LogP contribution in [0.15, 0.2) is 139 Å². The van der Waals surface area contributed by atoms with Gasteiger partial charge in [0.15, 0.2) is 17.8 Å². The maximum Gasteiger partial charge on any atom is 0.254 e. The van der Waals surface area contributed by atoms with E-state index in [0.717, 1.165) is 54.2 Å². The molecule has 4 aliphatic rings. The zero-order valence-electron chi connectivity index (χ0n) is 40.3. The highest BCUT2D eigenvalue weighted by molar-refractivity contribution is 6.03. The Morgan fingerprint density at radius 2 is 1.64 bits per heavy atom. The van der Waals surface area contributed by atoms with E-state index in [1.54, 1.807) is 53.4 Å². The number of nitrogens with zero attached hydrogens (tertiary/aromatic N) is 3. The van der Waals surface area contributed by atoms with E-state index in [-0.39, 0.29) is 69.8 Å². The zero-order valence-corrected chi connectivity index (χ0v) is 40.3. The van der Waals surface area contributed by atoms with Crippen LogP contribution >= 0.6 is 0 Å². The number of aliphatic hydroxyl groups is 2. The highest BCUT2D eigenvalue weighted by Gasteiger charge is 2.65. The molecular formula is C58H59N3O11. The van der Waals surface area contributed by atoms with Crippen LogP contribution in [-0.4, -0.2) is 78.6 Å². The lowest BCUT2D eigenvalue weighted by Gasteiger charge is -2.60. The Morgan fingerprint density at radius 1 is 0.889 bits per heavy atom. The van der Waals surface area contributed by atoms with Crippen molar-refractivity contribution >= 4 is 17.9 Å². The largest absolute Gasteiger partial charge is 0.496 e. The molecule has 14 heteroatoms. The first kappa shape index (κ1) is 49.5. The Balaban J connectivity index is 1.26. The van der Waals surface area contributed by atoms with Gasteiger partial charge in [-0.05, 0) is 127 Å². The third-order valence-electron chi connectivity index (χ3n) is 14.1. The number of methoxy groups -OCH3 is 1. The fourth-order valence-electron chi connectivity index (χ4n) is 10.9. The molecule has 372 valence electrons. The van der Waals surface area contributed by atoms with Gasteiger partial charge >= 0.3 is 0 Å². The molecular weight excluding hydrogens is 915 g/mol. The quantitative estimate of drug-likeness (QED) is 0.0291. The van der Waals surface area contributed by atoms with E-state index < -0.39 is 17.7 Å². The number of ether oxygens (including phenoxy) is 6. The first-order chi connectivity index (χ1) is 35.3. The molecule has 0 bridgehead atoms. The summed E-state index contributed by atoms with van der Waals surface area (Å²) in [7, 11) is 1.51. The van der Waals surface area contributed by atoms with Gasteiger partial charge in [0.25, 0.3) is 5.91 Å². The first-order valence-corrected chi connectivity index (χ1v) is 24.6. The number of oxime groups is 1. The first-order valence-electron chi connectivity index (χ1n) is 24.6. The van der Waals surface area contributed by atoms with Gasteiger partial charge in [0.05, 0.1) is 42.5 Å². The summed E-state index contributed by atoms with van der Waals surface area (Å²) < 4.78 is 38.2. The summed E-state index contributed by atoms with van der Waals surface area (Å²) >= 11 is 0. The van der Waals surface area contributed by atoms with Crippen LogP contribution in [0, 0.1) is 29.1 Å². The second-order valence-corrected chi connectivity index (χ2v) is 18.5. The average Bonchev–Trinajstić information content (AvgIpc) is 3.89. The van der Waals surface area contributed by atoms with Crippen LogP contribution in [0.2, 0.25) is 0 Å². The highest BCUT2D eigenvalue weighted by Crippen LogP contribution is 2.62. The van der Waals surface area contributed by atoms with E-state index in [4.69, 9.17) is 38.4 Å². The predicted molar refractivity (Wildman–Crippen MR) is 268 cm³/mol. The third-order valence-corrected chi connectivity index (χ3v) is 14.1. The second-order valence-electron chi connectivity index (χ2n) is 18.5. The monoisotopic (exact) mass is 973 g/mol. The minimum atomic E-state index is -1.57. The van der Waals surface area contributed by atoms with Crippen LogP contribution in [0.3, 0.4) is 0 Å². The molecule has 0 unspecified atom stereocenters. The van der Waals surface area contributed by atoms with E-state index in [0.29, 0.717) is 69.7 Å². The number of amides is 1. The van der Waals surface area contributed by atoms with E-state index in [1.807, 2.05) is 66.7 Å². The van der Waals surface area contributed by atoms with Crippen molar-refractivity contribution in [1.82, 2.24) is 4.90 Å². The number of nitriles is 1. The fourth-order valence-corrected chi connectivity index (χ4v) is 10.9. The predicted octanol–water partition coefficient (Wildman–Crippen LogP) is 10.1. The second kappa shape index (κ2) is 22.8. The molecule has 2 aliphatic carbocycles. The standard InChI is InChI=1S/C58H59N3O11/c1-3-27-69-58-54(61(57(65)41-18-15-38(33-59)16-19-41)34-40-17-22-52-53(28-40)68-37-67-52)32-49(60-70-36-39-11-5-4-6-12-39)47-30-42(13-7-9-25-62)46(14-8-10-26-63)55(56(47)58)48-31-45(21-24-51(48)72-58)71-44-20-23-50(66-2)43(29-44)35-64/h3-6,11-12,15-24,28-31,35,42,46,54-56,62-63H,1,7-10,13-14,25-27,32,34,36-37H2,2H3/t42-,46+,54-,55+,56+,58+/m0/s1. The molecule has 2 heterocycles. The van der Waals surface area contributed by atoms with Crippen LogP contribution in [-0.2, 0) is 22.7 Å². The molecule has 1 saturated carbocycles. The molecule has 0 saturated heterocycles. The number of aliphatic hydroxyl groups excluding tert-OH is 2. The lowest BCUT2D eigenvalue weighted by molar-refractivity contribution is -0.255. The molecule has 6 atom stereocenters. The Kier molecular flexibility index (Phi) is 15.7. The molecule has 1 fully saturated rings. The van der Waals surface area contributed by atoms with Crippen molar-refractivity contribution in [3.05, 3.63) is 167 Å². The molecule has 0 aromatic heterocycles. The van der Waals surface area contributed by atoms with Crippen molar-refractivity contribution in [2.45, 2.75) is 75.8 Å². The smallest absolute Gasteiger partial charge is 0.254 e. The molecule has 5 aromatic carbocycles. The van der Waals surface area contributed by atoms with Crippen LogP contribution in [0.5, 0.6) is 34.5 Å². The van der Waals surface area contributed by atoms with Crippen molar-refractivity contribution in [2.24, 2.45) is 22.9 Å².